The highest BCUT2D eigenvalue weighted by atomic mass is 32.1. The summed E-state index contributed by atoms with van der Waals surface area (Å²) < 4.78 is 0. The summed E-state index contributed by atoms with van der Waals surface area (Å²) in [6, 6.07) is 4.16. The zero-order valence-electron chi connectivity index (χ0n) is 11.5. The Morgan fingerprint density at radius 3 is 3.05 bits per heavy atom. The number of allylic oxidation sites excluding steroid dienone is 2. The van der Waals surface area contributed by atoms with Crippen LogP contribution in [0.4, 0.5) is 4.79 Å². The van der Waals surface area contributed by atoms with Crippen LogP contribution in [0.25, 0.3) is 0 Å². The van der Waals surface area contributed by atoms with E-state index in [0.717, 1.165) is 25.9 Å². The first-order valence-corrected chi connectivity index (χ1v) is 7.87. The number of amides is 2. The quantitative estimate of drug-likeness (QED) is 0.819. The summed E-state index contributed by atoms with van der Waals surface area (Å²) in [6.45, 7) is 4.28. The van der Waals surface area contributed by atoms with Gasteiger partial charge in [-0.15, -0.1) is 11.3 Å². The second kappa shape index (κ2) is 7.34. The van der Waals surface area contributed by atoms with Gasteiger partial charge in [-0.1, -0.05) is 18.2 Å². The molecule has 1 atom stereocenters. The van der Waals surface area contributed by atoms with E-state index >= 15 is 0 Å². The first-order valence-electron chi connectivity index (χ1n) is 6.99. The van der Waals surface area contributed by atoms with Crippen LogP contribution < -0.4 is 5.32 Å². The Bertz CT molecular complexity index is 414. The van der Waals surface area contributed by atoms with Crippen molar-refractivity contribution in [1.82, 2.24) is 10.2 Å². The summed E-state index contributed by atoms with van der Waals surface area (Å²) in [5, 5.41) is 5.12. The van der Waals surface area contributed by atoms with E-state index in [-0.39, 0.29) is 6.03 Å². The van der Waals surface area contributed by atoms with Crippen LogP contribution in [0.3, 0.4) is 0 Å². The second-order valence-corrected chi connectivity index (χ2v) is 5.96. The van der Waals surface area contributed by atoms with Crippen LogP contribution in [0, 0.1) is 5.92 Å². The molecule has 19 heavy (non-hydrogen) atoms. The maximum atomic E-state index is 12.1. The number of carbonyl (C=O) groups is 1. The highest BCUT2D eigenvalue weighted by Gasteiger charge is 2.15. The maximum Gasteiger partial charge on any atom is 0.317 e. The third kappa shape index (κ3) is 4.39. The van der Waals surface area contributed by atoms with Crippen molar-refractivity contribution in [2.24, 2.45) is 5.92 Å². The zero-order chi connectivity index (χ0) is 13.5. The molecule has 2 rings (SSSR count). The topological polar surface area (TPSA) is 32.3 Å². The van der Waals surface area contributed by atoms with Gasteiger partial charge in [0.15, 0.2) is 0 Å². The van der Waals surface area contributed by atoms with Crippen molar-refractivity contribution in [3.05, 3.63) is 34.5 Å². The van der Waals surface area contributed by atoms with Gasteiger partial charge in [0.2, 0.25) is 0 Å². The Kier molecular flexibility index (Phi) is 5.45. The van der Waals surface area contributed by atoms with Crippen LogP contribution in [0.5, 0.6) is 0 Å². The lowest BCUT2D eigenvalue weighted by atomic mass is 9.94. The number of thiophene rings is 1. The Labute approximate surface area is 119 Å². The smallest absolute Gasteiger partial charge is 0.317 e. The van der Waals surface area contributed by atoms with E-state index < -0.39 is 0 Å². The number of urea groups is 1. The molecule has 3 nitrogen and oxygen atoms in total. The van der Waals surface area contributed by atoms with Gasteiger partial charge in [-0.3, -0.25) is 0 Å². The van der Waals surface area contributed by atoms with Gasteiger partial charge in [-0.05, 0) is 43.6 Å². The van der Waals surface area contributed by atoms with Crippen LogP contribution in [0.2, 0.25) is 0 Å². The lowest BCUT2D eigenvalue weighted by molar-refractivity contribution is 0.196. The average Bonchev–Trinajstić information content (AvgIpc) is 2.96. The molecule has 1 heterocycles. The van der Waals surface area contributed by atoms with Crippen molar-refractivity contribution in [1.29, 1.82) is 0 Å². The van der Waals surface area contributed by atoms with E-state index in [9.17, 15) is 4.79 Å². The molecule has 104 valence electrons. The van der Waals surface area contributed by atoms with E-state index in [0.29, 0.717) is 12.5 Å². The van der Waals surface area contributed by atoms with Crippen molar-refractivity contribution in [3.63, 3.8) is 0 Å². The number of hydrogen-bond donors (Lipinski definition) is 1. The number of rotatable bonds is 5. The SMILES string of the molecule is CCN(Cc1cccs1)C(=O)NCC1CC=CCC1. The number of carbonyl (C=O) groups excluding carboxylic acids is 1. The fraction of sp³-hybridized carbons (Fsp3) is 0.533. The van der Waals surface area contributed by atoms with Crippen LogP contribution in [-0.4, -0.2) is 24.0 Å². The van der Waals surface area contributed by atoms with E-state index in [1.54, 1.807) is 11.3 Å². The van der Waals surface area contributed by atoms with Gasteiger partial charge in [-0.2, -0.15) is 0 Å². The Hall–Kier alpha value is -1.29. The predicted molar refractivity (Wildman–Crippen MR) is 80.3 cm³/mol. The van der Waals surface area contributed by atoms with Crippen LogP contribution in [-0.2, 0) is 6.54 Å². The third-order valence-corrected chi connectivity index (χ3v) is 4.38. The van der Waals surface area contributed by atoms with Crippen molar-refractivity contribution in [2.45, 2.75) is 32.7 Å². The van der Waals surface area contributed by atoms with Crippen molar-refractivity contribution < 1.29 is 4.79 Å². The van der Waals surface area contributed by atoms with Gasteiger partial charge in [-0.25, -0.2) is 4.79 Å². The molecule has 1 aliphatic rings. The highest BCUT2D eigenvalue weighted by Crippen LogP contribution is 2.17. The number of hydrogen-bond acceptors (Lipinski definition) is 2. The van der Waals surface area contributed by atoms with Crippen molar-refractivity contribution in [2.75, 3.05) is 13.1 Å². The van der Waals surface area contributed by atoms with Crippen molar-refractivity contribution >= 4 is 17.4 Å². The van der Waals surface area contributed by atoms with Gasteiger partial charge in [0.25, 0.3) is 0 Å². The highest BCUT2D eigenvalue weighted by molar-refractivity contribution is 7.09. The first-order chi connectivity index (χ1) is 9.29. The fourth-order valence-electron chi connectivity index (χ4n) is 2.30. The second-order valence-electron chi connectivity index (χ2n) is 4.93. The summed E-state index contributed by atoms with van der Waals surface area (Å²) >= 11 is 1.70. The van der Waals surface area contributed by atoms with Gasteiger partial charge in [0, 0.05) is 18.0 Å². The van der Waals surface area contributed by atoms with Gasteiger partial charge in [0.1, 0.15) is 0 Å². The summed E-state index contributed by atoms with van der Waals surface area (Å²) in [5.74, 6) is 0.606. The molecule has 2 amide bonds. The zero-order valence-corrected chi connectivity index (χ0v) is 12.3. The largest absolute Gasteiger partial charge is 0.338 e. The lowest BCUT2D eigenvalue weighted by Gasteiger charge is -2.23. The molecule has 0 aromatic carbocycles. The minimum absolute atomic E-state index is 0.0606. The average molecular weight is 278 g/mol. The molecule has 4 heteroatoms. The molecule has 1 N–H and O–H groups in total. The lowest BCUT2D eigenvalue weighted by Crippen LogP contribution is -2.41. The first kappa shape index (κ1) is 14.1. The molecule has 1 aliphatic carbocycles. The molecule has 0 aliphatic heterocycles. The summed E-state index contributed by atoms with van der Waals surface area (Å²) in [4.78, 5) is 15.2. The minimum atomic E-state index is 0.0606. The Balaban J connectivity index is 1.78. The molecule has 0 fully saturated rings. The monoisotopic (exact) mass is 278 g/mol. The predicted octanol–water partition coefficient (Wildman–Crippen LogP) is 3.64. The fourth-order valence-corrected chi connectivity index (χ4v) is 3.02. The molecule has 0 radical (unpaired) electrons. The standard InChI is InChI=1S/C15H22N2OS/c1-2-17(12-14-9-6-10-19-14)15(18)16-11-13-7-4-3-5-8-13/h3-4,6,9-10,13H,2,5,7-8,11-12H2,1H3,(H,16,18). The van der Waals surface area contributed by atoms with Crippen LogP contribution >= 0.6 is 11.3 Å². The van der Waals surface area contributed by atoms with E-state index in [1.165, 1.54) is 11.3 Å². The van der Waals surface area contributed by atoms with Crippen molar-refractivity contribution in [3.8, 4) is 0 Å². The molecule has 0 bridgehead atoms. The molecule has 0 spiro atoms. The van der Waals surface area contributed by atoms with E-state index in [2.05, 4.69) is 28.9 Å². The number of nitrogens with zero attached hydrogens (tertiary/aromatic N) is 1. The summed E-state index contributed by atoms with van der Waals surface area (Å²) in [7, 11) is 0. The van der Waals surface area contributed by atoms with Crippen LogP contribution in [0.1, 0.15) is 31.1 Å². The van der Waals surface area contributed by atoms with Gasteiger partial charge < -0.3 is 10.2 Å². The minimum Gasteiger partial charge on any atom is -0.338 e. The summed E-state index contributed by atoms with van der Waals surface area (Å²) in [5.41, 5.74) is 0. The van der Waals surface area contributed by atoms with E-state index in [4.69, 9.17) is 0 Å². The number of nitrogens with one attached hydrogen (secondary N) is 1. The Morgan fingerprint density at radius 2 is 2.42 bits per heavy atom. The van der Waals surface area contributed by atoms with Gasteiger partial charge >= 0.3 is 6.03 Å². The van der Waals surface area contributed by atoms with E-state index in [1.807, 2.05) is 17.9 Å². The normalized spacial score (nSPS) is 18.3. The molecular weight excluding hydrogens is 256 g/mol. The molecule has 0 saturated heterocycles. The summed E-state index contributed by atoms with van der Waals surface area (Å²) in [6.07, 6.45) is 7.88. The Morgan fingerprint density at radius 1 is 1.53 bits per heavy atom. The molecule has 1 aromatic heterocycles. The molecule has 1 aromatic rings. The maximum absolute atomic E-state index is 12.1. The van der Waals surface area contributed by atoms with Crippen LogP contribution in [0.15, 0.2) is 29.7 Å². The van der Waals surface area contributed by atoms with Gasteiger partial charge in [0.05, 0.1) is 6.54 Å². The molecule has 0 saturated carbocycles. The molecule has 1 unspecified atom stereocenters. The molecular formula is C15H22N2OS. The third-order valence-electron chi connectivity index (χ3n) is 3.52.